The number of allylic oxidation sites excluding steroid dienone is 1. The van der Waals surface area contributed by atoms with Crippen molar-refractivity contribution in [2.75, 3.05) is 0 Å². The lowest BCUT2D eigenvalue weighted by atomic mass is 10.1. The van der Waals surface area contributed by atoms with E-state index >= 15 is 0 Å². The summed E-state index contributed by atoms with van der Waals surface area (Å²) < 4.78 is 23.1. The average Bonchev–Trinajstić information content (AvgIpc) is 2.37. The second kappa shape index (κ2) is 2.90. The second-order valence-corrected chi connectivity index (χ2v) is 5.05. The summed E-state index contributed by atoms with van der Waals surface area (Å²) in [5.74, 6) is 0. The maximum atomic E-state index is 11.5. The summed E-state index contributed by atoms with van der Waals surface area (Å²) in [5, 5.41) is 11.6. The molecule has 6 heteroatoms. The van der Waals surface area contributed by atoms with Gasteiger partial charge in [0, 0.05) is 17.5 Å². The maximum absolute atomic E-state index is 11.5. The SMILES string of the molecule is CC1=CS(=O)(=O)c2cc([N+](=O)[O-])ccc21. The molecule has 0 bridgehead atoms. The van der Waals surface area contributed by atoms with Gasteiger partial charge in [-0.3, -0.25) is 10.1 Å². The molecule has 0 aromatic heterocycles. The molecule has 0 amide bonds. The summed E-state index contributed by atoms with van der Waals surface area (Å²) in [4.78, 5) is 9.90. The molecule has 15 heavy (non-hydrogen) atoms. The van der Waals surface area contributed by atoms with E-state index in [4.69, 9.17) is 0 Å². The second-order valence-electron chi connectivity index (χ2n) is 3.28. The summed E-state index contributed by atoms with van der Waals surface area (Å²) >= 11 is 0. The van der Waals surface area contributed by atoms with Gasteiger partial charge in [0.2, 0.25) is 9.84 Å². The fourth-order valence-electron chi connectivity index (χ4n) is 1.55. The van der Waals surface area contributed by atoms with E-state index in [0.29, 0.717) is 11.1 Å². The van der Waals surface area contributed by atoms with Crippen molar-refractivity contribution < 1.29 is 13.3 Å². The van der Waals surface area contributed by atoms with Crippen LogP contribution in [-0.2, 0) is 9.84 Å². The Morgan fingerprint density at radius 3 is 2.60 bits per heavy atom. The fourth-order valence-corrected chi connectivity index (χ4v) is 3.09. The maximum Gasteiger partial charge on any atom is 0.270 e. The molecule has 1 heterocycles. The number of rotatable bonds is 1. The molecule has 78 valence electrons. The Balaban J connectivity index is 2.73. The number of sulfone groups is 1. The van der Waals surface area contributed by atoms with Crippen LogP contribution in [0.25, 0.3) is 5.57 Å². The smallest absolute Gasteiger partial charge is 0.258 e. The number of benzene rings is 1. The van der Waals surface area contributed by atoms with Gasteiger partial charge in [0.05, 0.1) is 9.82 Å². The highest BCUT2D eigenvalue weighted by molar-refractivity contribution is 7.95. The average molecular weight is 225 g/mol. The minimum atomic E-state index is -3.48. The van der Waals surface area contributed by atoms with Crippen LogP contribution in [0.2, 0.25) is 0 Å². The van der Waals surface area contributed by atoms with Crippen LogP contribution in [0.1, 0.15) is 12.5 Å². The molecule has 0 aliphatic carbocycles. The molecule has 2 rings (SSSR count). The Morgan fingerprint density at radius 2 is 2.00 bits per heavy atom. The molecule has 1 aromatic carbocycles. The van der Waals surface area contributed by atoms with Crippen LogP contribution in [0.4, 0.5) is 5.69 Å². The predicted molar refractivity (Wildman–Crippen MR) is 53.9 cm³/mol. The topological polar surface area (TPSA) is 77.3 Å². The molecule has 1 aliphatic rings. The minimum absolute atomic E-state index is 0.0224. The number of hydrogen-bond donors (Lipinski definition) is 0. The number of non-ortho nitro benzene ring substituents is 1. The molecule has 5 nitrogen and oxygen atoms in total. The molecular formula is C9H7NO4S. The summed E-state index contributed by atoms with van der Waals surface area (Å²) in [7, 11) is -3.48. The summed E-state index contributed by atoms with van der Waals surface area (Å²) in [6, 6.07) is 3.86. The highest BCUT2D eigenvalue weighted by atomic mass is 32.2. The van der Waals surface area contributed by atoms with Crippen molar-refractivity contribution in [2.45, 2.75) is 11.8 Å². The Morgan fingerprint density at radius 1 is 1.33 bits per heavy atom. The van der Waals surface area contributed by atoms with E-state index in [0.717, 1.165) is 11.5 Å². The number of nitro benzene ring substituents is 1. The largest absolute Gasteiger partial charge is 0.270 e. The lowest BCUT2D eigenvalue weighted by Gasteiger charge is -1.99. The van der Waals surface area contributed by atoms with Gasteiger partial charge in [-0.05, 0) is 24.1 Å². The van der Waals surface area contributed by atoms with E-state index in [-0.39, 0.29) is 10.6 Å². The normalized spacial score (nSPS) is 17.0. The van der Waals surface area contributed by atoms with Gasteiger partial charge < -0.3 is 0 Å². The Labute approximate surface area is 86.1 Å². The monoisotopic (exact) mass is 225 g/mol. The Bertz CT molecular complexity index is 586. The molecule has 0 unspecified atom stereocenters. The van der Waals surface area contributed by atoms with Crippen LogP contribution in [-0.4, -0.2) is 13.3 Å². The molecule has 0 N–H and O–H groups in total. The lowest BCUT2D eigenvalue weighted by molar-refractivity contribution is -0.385. The van der Waals surface area contributed by atoms with Crippen molar-refractivity contribution >= 4 is 21.1 Å². The quantitative estimate of drug-likeness (QED) is 0.538. The van der Waals surface area contributed by atoms with Crippen molar-refractivity contribution in [3.8, 4) is 0 Å². The summed E-state index contributed by atoms with van der Waals surface area (Å²) in [6.45, 7) is 1.66. The lowest BCUT2D eigenvalue weighted by Crippen LogP contribution is -1.96. The summed E-state index contributed by atoms with van der Waals surface area (Å²) in [5.41, 5.74) is 0.945. The van der Waals surface area contributed by atoms with Crippen molar-refractivity contribution in [1.29, 1.82) is 0 Å². The van der Waals surface area contributed by atoms with Gasteiger partial charge in [0.1, 0.15) is 0 Å². The summed E-state index contributed by atoms with van der Waals surface area (Å²) in [6.07, 6.45) is 0. The molecule has 0 atom stereocenters. The Kier molecular flexibility index (Phi) is 1.90. The molecule has 0 saturated carbocycles. The molecule has 0 radical (unpaired) electrons. The van der Waals surface area contributed by atoms with Gasteiger partial charge in [-0.25, -0.2) is 8.42 Å². The van der Waals surface area contributed by atoms with Crippen LogP contribution in [0.5, 0.6) is 0 Å². The third kappa shape index (κ3) is 1.42. The van der Waals surface area contributed by atoms with Crippen LogP contribution >= 0.6 is 0 Å². The number of fused-ring (bicyclic) bond motifs is 1. The van der Waals surface area contributed by atoms with Gasteiger partial charge in [-0.1, -0.05) is 0 Å². The standard InChI is InChI=1S/C9H7NO4S/c1-6-5-15(13,14)9-4-7(10(11)12)2-3-8(6)9/h2-5H,1H3. The number of nitro groups is 1. The van der Waals surface area contributed by atoms with Crippen LogP contribution < -0.4 is 0 Å². The van der Waals surface area contributed by atoms with Crippen LogP contribution in [0, 0.1) is 10.1 Å². The highest BCUT2D eigenvalue weighted by Crippen LogP contribution is 2.34. The molecule has 0 spiro atoms. The number of hydrogen-bond acceptors (Lipinski definition) is 4. The first-order valence-corrected chi connectivity index (χ1v) is 5.68. The van der Waals surface area contributed by atoms with Crippen LogP contribution in [0.3, 0.4) is 0 Å². The highest BCUT2D eigenvalue weighted by Gasteiger charge is 2.26. The zero-order valence-electron chi connectivity index (χ0n) is 7.80. The number of nitrogens with zero attached hydrogens (tertiary/aromatic N) is 1. The van der Waals surface area contributed by atoms with Crippen molar-refractivity contribution in [1.82, 2.24) is 0 Å². The van der Waals surface area contributed by atoms with E-state index < -0.39 is 14.8 Å². The zero-order valence-corrected chi connectivity index (χ0v) is 8.61. The fraction of sp³-hybridized carbons (Fsp3) is 0.111. The first-order valence-electron chi connectivity index (χ1n) is 4.14. The predicted octanol–water partition coefficient (Wildman–Crippen LogP) is 1.74. The molecule has 0 fully saturated rings. The van der Waals surface area contributed by atoms with E-state index in [1.807, 2.05) is 0 Å². The van der Waals surface area contributed by atoms with E-state index in [1.54, 1.807) is 6.92 Å². The zero-order chi connectivity index (χ0) is 11.2. The Hall–Kier alpha value is -1.69. The first-order chi connectivity index (χ1) is 6.92. The van der Waals surface area contributed by atoms with E-state index in [1.165, 1.54) is 12.1 Å². The van der Waals surface area contributed by atoms with E-state index in [9.17, 15) is 18.5 Å². The van der Waals surface area contributed by atoms with Gasteiger partial charge in [-0.15, -0.1) is 0 Å². The van der Waals surface area contributed by atoms with E-state index in [2.05, 4.69) is 0 Å². The van der Waals surface area contributed by atoms with Gasteiger partial charge in [0.15, 0.2) is 0 Å². The van der Waals surface area contributed by atoms with Crippen LogP contribution in [0.15, 0.2) is 28.5 Å². The first kappa shape index (κ1) is 9.85. The van der Waals surface area contributed by atoms with Crippen molar-refractivity contribution in [3.63, 3.8) is 0 Å². The third-order valence-electron chi connectivity index (χ3n) is 2.24. The molecule has 1 aliphatic heterocycles. The molecular weight excluding hydrogens is 218 g/mol. The third-order valence-corrected chi connectivity index (χ3v) is 3.85. The van der Waals surface area contributed by atoms with Gasteiger partial charge in [-0.2, -0.15) is 0 Å². The molecule has 0 saturated heterocycles. The molecule has 1 aromatic rings. The van der Waals surface area contributed by atoms with Gasteiger partial charge >= 0.3 is 0 Å². The minimum Gasteiger partial charge on any atom is -0.258 e. The van der Waals surface area contributed by atoms with Gasteiger partial charge in [0.25, 0.3) is 5.69 Å². The van der Waals surface area contributed by atoms with Crippen molar-refractivity contribution in [3.05, 3.63) is 39.3 Å². The van der Waals surface area contributed by atoms with Crippen molar-refractivity contribution in [2.24, 2.45) is 0 Å².